The summed E-state index contributed by atoms with van der Waals surface area (Å²) in [5, 5.41) is 0.493. The fourth-order valence-corrected chi connectivity index (χ4v) is 6.18. The second-order valence-corrected chi connectivity index (χ2v) is 10.4. The van der Waals surface area contributed by atoms with Crippen LogP contribution in [0.15, 0.2) is 71.9 Å². The highest BCUT2D eigenvalue weighted by Gasteiger charge is 2.35. The summed E-state index contributed by atoms with van der Waals surface area (Å²) in [5.74, 6) is 1.17. The SMILES string of the molecule is O=S(=O)(c1ccc(Cl)cc1)N(c1ccc2c(c1)OCO2)C1CCN(Cc2cccnc2)CC1. The summed E-state index contributed by atoms with van der Waals surface area (Å²) in [6.45, 7) is 2.51. The molecule has 1 aromatic heterocycles. The molecule has 9 heteroatoms. The molecule has 33 heavy (non-hydrogen) atoms. The molecule has 2 aliphatic rings. The molecule has 0 radical (unpaired) electrons. The molecule has 172 valence electrons. The fraction of sp³-hybridized carbons (Fsp3) is 0.292. The Balaban J connectivity index is 1.43. The number of hydrogen-bond donors (Lipinski definition) is 0. The van der Waals surface area contributed by atoms with Crippen molar-refractivity contribution in [2.24, 2.45) is 0 Å². The van der Waals surface area contributed by atoms with Gasteiger partial charge in [-0.15, -0.1) is 0 Å². The van der Waals surface area contributed by atoms with E-state index in [1.165, 1.54) is 0 Å². The smallest absolute Gasteiger partial charge is 0.264 e. The average molecular weight is 486 g/mol. The first-order valence-corrected chi connectivity index (χ1v) is 12.6. The molecule has 0 bridgehead atoms. The number of fused-ring (bicyclic) bond motifs is 1. The van der Waals surface area contributed by atoms with E-state index >= 15 is 0 Å². The zero-order chi connectivity index (χ0) is 22.8. The highest BCUT2D eigenvalue weighted by atomic mass is 35.5. The minimum atomic E-state index is -3.81. The monoisotopic (exact) mass is 485 g/mol. The Bertz CT molecular complexity index is 1210. The third-order valence-corrected chi connectivity index (χ3v) is 8.15. The second-order valence-electron chi connectivity index (χ2n) is 8.16. The topological polar surface area (TPSA) is 72.0 Å². The van der Waals surface area contributed by atoms with Gasteiger partial charge in [0.2, 0.25) is 6.79 Å². The number of sulfonamides is 1. The van der Waals surface area contributed by atoms with Gasteiger partial charge in [0, 0.05) is 49.2 Å². The van der Waals surface area contributed by atoms with Crippen LogP contribution in [0, 0.1) is 0 Å². The van der Waals surface area contributed by atoms with Gasteiger partial charge in [0.15, 0.2) is 11.5 Å². The molecule has 3 heterocycles. The molecule has 2 aromatic carbocycles. The van der Waals surface area contributed by atoms with Gasteiger partial charge in [0.1, 0.15) is 0 Å². The summed E-state index contributed by atoms with van der Waals surface area (Å²) >= 11 is 6.00. The molecule has 1 saturated heterocycles. The van der Waals surface area contributed by atoms with Crippen LogP contribution < -0.4 is 13.8 Å². The summed E-state index contributed by atoms with van der Waals surface area (Å²) < 4.78 is 40.1. The second kappa shape index (κ2) is 9.21. The minimum absolute atomic E-state index is 0.134. The third-order valence-electron chi connectivity index (χ3n) is 6.00. The van der Waals surface area contributed by atoms with Gasteiger partial charge in [-0.05, 0) is 60.9 Å². The Labute approximate surface area is 198 Å². The van der Waals surface area contributed by atoms with Gasteiger partial charge in [-0.3, -0.25) is 14.2 Å². The van der Waals surface area contributed by atoms with Crippen LogP contribution in [0.3, 0.4) is 0 Å². The van der Waals surface area contributed by atoms with Gasteiger partial charge < -0.3 is 9.47 Å². The lowest BCUT2D eigenvalue weighted by Gasteiger charge is -2.39. The van der Waals surface area contributed by atoms with Gasteiger partial charge >= 0.3 is 0 Å². The molecule has 7 nitrogen and oxygen atoms in total. The molecule has 0 saturated carbocycles. The van der Waals surface area contributed by atoms with Crippen molar-refractivity contribution in [2.45, 2.75) is 30.3 Å². The largest absolute Gasteiger partial charge is 0.454 e. The number of rotatable bonds is 6. The summed E-state index contributed by atoms with van der Waals surface area (Å²) in [4.78, 5) is 6.73. The minimum Gasteiger partial charge on any atom is -0.454 e. The van der Waals surface area contributed by atoms with E-state index in [9.17, 15) is 8.42 Å². The van der Waals surface area contributed by atoms with Crippen LogP contribution in [-0.2, 0) is 16.6 Å². The predicted molar refractivity (Wildman–Crippen MR) is 126 cm³/mol. The van der Waals surface area contributed by atoms with Gasteiger partial charge in [0.25, 0.3) is 10.0 Å². The number of piperidine rings is 1. The lowest BCUT2D eigenvalue weighted by Crippen LogP contribution is -2.47. The van der Waals surface area contributed by atoms with Gasteiger partial charge in [-0.2, -0.15) is 0 Å². The molecule has 0 aliphatic carbocycles. The zero-order valence-corrected chi connectivity index (χ0v) is 19.5. The number of benzene rings is 2. The van der Waals surface area contributed by atoms with Crippen molar-refractivity contribution >= 4 is 27.3 Å². The van der Waals surface area contributed by atoms with Crippen molar-refractivity contribution in [3.63, 3.8) is 0 Å². The molecule has 5 rings (SSSR count). The van der Waals surface area contributed by atoms with Gasteiger partial charge in [-0.1, -0.05) is 17.7 Å². The molecule has 3 aromatic rings. The van der Waals surface area contributed by atoms with Crippen molar-refractivity contribution in [1.82, 2.24) is 9.88 Å². The van der Waals surface area contributed by atoms with Crippen LogP contribution in [0.25, 0.3) is 0 Å². The number of likely N-dealkylation sites (tertiary alicyclic amines) is 1. The number of ether oxygens (including phenoxy) is 2. The fourth-order valence-electron chi connectivity index (χ4n) is 4.35. The molecular formula is C24H24ClN3O4S. The Hall–Kier alpha value is -2.81. The Morgan fingerprint density at radius 3 is 2.52 bits per heavy atom. The van der Waals surface area contributed by atoms with E-state index in [-0.39, 0.29) is 17.7 Å². The Morgan fingerprint density at radius 2 is 1.79 bits per heavy atom. The van der Waals surface area contributed by atoms with Crippen LogP contribution >= 0.6 is 11.6 Å². The Morgan fingerprint density at radius 1 is 1.03 bits per heavy atom. The first kappa shape index (κ1) is 22.0. The van der Waals surface area contributed by atoms with E-state index in [2.05, 4.69) is 16.0 Å². The van der Waals surface area contributed by atoms with Crippen LogP contribution in [0.4, 0.5) is 5.69 Å². The van der Waals surface area contributed by atoms with E-state index in [1.54, 1.807) is 53.0 Å². The number of hydrogen-bond acceptors (Lipinski definition) is 6. The zero-order valence-electron chi connectivity index (χ0n) is 17.9. The number of anilines is 1. The normalized spacial score (nSPS) is 16.6. The summed E-state index contributed by atoms with van der Waals surface area (Å²) in [5.41, 5.74) is 1.72. The first-order chi connectivity index (χ1) is 16.0. The third kappa shape index (κ3) is 4.64. The van der Waals surface area contributed by atoms with E-state index in [0.717, 1.165) is 25.2 Å². The number of aromatic nitrogens is 1. The lowest BCUT2D eigenvalue weighted by atomic mass is 10.0. The average Bonchev–Trinajstić information content (AvgIpc) is 3.29. The molecular weight excluding hydrogens is 462 g/mol. The van der Waals surface area contributed by atoms with E-state index in [1.807, 2.05) is 12.3 Å². The molecule has 0 atom stereocenters. The molecule has 1 fully saturated rings. The van der Waals surface area contributed by atoms with E-state index in [0.29, 0.717) is 35.1 Å². The molecule has 2 aliphatic heterocycles. The summed E-state index contributed by atoms with van der Waals surface area (Å²) in [6, 6.07) is 15.4. The lowest BCUT2D eigenvalue weighted by molar-refractivity contribution is 0.174. The van der Waals surface area contributed by atoms with Crippen molar-refractivity contribution in [1.29, 1.82) is 0 Å². The summed E-state index contributed by atoms with van der Waals surface area (Å²) in [6.07, 6.45) is 5.06. The molecule has 0 spiro atoms. The van der Waals surface area contributed by atoms with Crippen molar-refractivity contribution in [3.05, 3.63) is 77.6 Å². The maximum Gasteiger partial charge on any atom is 0.264 e. The summed E-state index contributed by atoms with van der Waals surface area (Å²) in [7, 11) is -3.81. The van der Waals surface area contributed by atoms with Gasteiger partial charge in [-0.25, -0.2) is 8.42 Å². The highest BCUT2D eigenvalue weighted by molar-refractivity contribution is 7.92. The van der Waals surface area contributed by atoms with E-state index in [4.69, 9.17) is 21.1 Å². The van der Waals surface area contributed by atoms with Crippen LogP contribution in [0.2, 0.25) is 5.02 Å². The molecule has 0 N–H and O–H groups in total. The van der Waals surface area contributed by atoms with Gasteiger partial charge in [0.05, 0.1) is 10.6 Å². The number of pyridine rings is 1. The van der Waals surface area contributed by atoms with Crippen molar-refractivity contribution in [3.8, 4) is 11.5 Å². The van der Waals surface area contributed by atoms with Crippen molar-refractivity contribution in [2.75, 3.05) is 24.2 Å². The standard InChI is InChI=1S/C24H24ClN3O4S/c25-19-3-6-22(7-4-19)33(29,30)28(21-5-8-23-24(14-21)32-17-31-23)20-9-12-27(13-10-20)16-18-2-1-11-26-15-18/h1-8,11,14-15,20H,9-10,12-13,16-17H2. The maximum absolute atomic E-state index is 13.8. The predicted octanol–water partition coefficient (Wildman–Crippen LogP) is 4.32. The van der Waals surface area contributed by atoms with Crippen LogP contribution in [0.5, 0.6) is 11.5 Å². The Kier molecular flexibility index (Phi) is 6.14. The highest BCUT2D eigenvalue weighted by Crippen LogP contribution is 2.39. The number of halogens is 1. The van der Waals surface area contributed by atoms with E-state index < -0.39 is 10.0 Å². The molecule has 0 unspecified atom stereocenters. The first-order valence-electron chi connectivity index (χ1n) is 10.8. The quantitative estimate of drug-likeness (QED) is 0.517. The number of nitrogens with zero attached hydrogens (tertiary/aromatic N) is 3. The van der Waals surface area contributed by atoms with Crippen LogP contribution in [0.1, 0.15) is 18.4 Å². The maximum atomic E-state index is 13.8. The van der Waals surface area contributed by atoms with Crippen LogP contribution in [-0.4, -0.2) is 44.2 Å². The van der Waals surface area contributed by atoms with Crippen molar-refractivity contribution < 1.29 is 17.9 Å². The molecule has 0 amide bonds.